The molecule has 0 aliphatic rings. The number of esters is 1. The molecule has 8 heteroatoms. The van der Waals surface area contributed by atoms with Gasteiger partial charge < -0.3 is 19.9 Å². The van der Waals surface area contributed by atoms with Crippen LogP contribution in [0.15, 0.2) is 30.3 Å². The van der Waals surface area contributed by atoms with E-state index in [1.54, 1.807) is 30.3 Å². The second kappa shape index (κ2) is 8.60. The van der Waals surface area contributed by atoms with E-state index in [4.69, 9.17) is 9.84 Å². The van der Waals surface area contributed by atoms with Crippen molar-refractivity contribution in [2.75, 3.05) is 7.11 Å². The minimum Gasteiger partial charge on any atom is -0.480 e. The molecule has 0 aromatic heterocycles. The number of nitrogens with one attached hydrogen (secondary N) is 1. The first-order valence-corrected chi connectivity index (χ1v) is 6.36. The maximum atomic E-state index is 13.4. The molecule has 2 atom stereocenters. The minimum absolute atomic E-state index is 0.0604. The zero-order valence-corrected chi connectivity index (χ0v) is 11.8. The van der Waals surface area contributed by atoms with Crippen LogP contribution in [0.2, 0.25) is 0 Å². The predicted molar refractivity (Wildman–Crippen MR) is 72.7 cm³/mol. The van der Waals surface area contributed by atoms with Gasteiger partial charge in [0, 0.05) is 6.42 Å². The fourth-order valence-electron chi connectivity index (χ4n) is 1.56. The fraction of sp³-hybridized carbons (Fsp3) is 0.357. The highest BCUT2D eigenvalue weighted by molar-refractivity contribution is 5.81. The SMILES string of the molecule is COC(=O)[C@@H](F)C[C@H](NC(=O)OCc1ccccc1)C(=O)O. The number of carboxylic acid groups (broad SMARTS) is 1. The Labute approximate surface area is 126 Å². The summed E-state index contributed by atoms with van der Waals surface area (Å²) in [5.74, 6) is -2.69. The molecule has 0 aliphatic heterocycles. The van der Waals surface area contributed by atoms with Gasteiger partial charge in [-0.25, -0.2) is 18.8 Å². The molecule has 0 saturated heterocycles. The molecular formula is C14H16FNO6. The van der Waals surface area contributed by atoms with Crippen molar-refractivity contribution in [3.05, 3.63) is 35.9 Å². The Hall–Kier alpha value is -2.64. The number of benzene rings is 1. The molecule has 1 aromatic rings. The van der Waals surface area contributed by atoms with Crippen molar-refractivity contribution in [1.82, 2.24) is 5.32 Å². The number of aliphatic carboxylic acids is 1. The normalized spacial score (nSPS) is 12.8. The summed E-state index contributed by atoms with van der Waals surface area (Å²) in [6, 6.07) is 7.13. The average Bonchev–Trinajstić information content (AvgIpc) is 2.52. The van der Waals surface area contributed by atoms with Crippen LogP contribution in [0, 0.1) is 0 Å². The molecule has 0 bridgehead atoms. The summed E-state index contributed by atoms with van der Waals surface area (Å²) in [6.45, 7) is -0.0604. The number of methoxy groups -OCH3 is 1. The van der Waals surface area contributed by atoms with E-state index in [9.17, 15) is 18.8 Å². The molecule has 1 amide bonds. The number of alkyl carbamates (subject to hydrolysis) is 1. The third-order valence-electron chi connectivity index (χ3n) is 2.70. The molecule has 7 nitrogen and oxygen atoms in total. The largest absolute Gasteiger partial charge is 0.480 e. The summed E-state index contributed by atoms with van der Waals surface area (Å²) in [6.07, 6.45) is -3.92. The molecule has 120 valence electrons. The van der Waals surface area contributed by atoms with Crippen molar-refractivity contribution in [3.63, 3.8) is 0 Å². The Morgan fingerprint density at radius 3 is 2.45 bits per heavy atom. The first kappa shape index (κ1) is 17.4. The van der Waals surface area contributed by atoms with Crippen LogP contribution in [0.1, 0.15) is 12.0 Å². The molecule has 0 unspecified atom stereocenters. The van der Waals surface area contributed by atoms with Gasteiger partial charge in [-0.15, -0.1) is 0 Å². The number of halogens is 1. The van der Waals surface area contributed by atoms with E-state index < -0.39 is 36.7 Å². The van der Waals surface area contributed by atoms with Crippen molar-refractivity contribution in [2.45, 2.75) is 25.2 Å². The number of ether oxygens (including phenoxy) is 2. The minimum atomic E-state index is -2.15. The highest BCUT2D eigenvalue weighted by Gasteiger charge is 2.29. The van der Waals surface area contributed by atoms with Crippen LogP contribution in [0.4, 0.5) is 9.18 Å². The molecule has 22 heavy (non-hydrogen) atoms. The van der Waals surface area contributed by atoms with E-state index in [-0.39, 0.29) is 6.61 Å². The van der Waals surface area contributed by atoms with Crippen molar-refractivity contribution in [2.24, 2.45) is 0 Å². The van der Waals surface area contributed by atoms with Gasteiger partial charge in [0.1, 0.15) is 12.6 Å². The van der Waals surface area contributed by atoms with E-state index in [1.807, 2.05) is 5.32 Å². The third kappa shape index (κ3) is 5.78. The molecule has 0 aliphatic carbocycles. The van der Waals surface area contributed by atoms with Crippen molar-refractivity contribution >= 4 is 18.0 Å². The summed E-state index contributed by atoms with van der Waals surface area (Å²) in [5.41, 5.74) is 0.711. The molecule has 0 radical (unpaired) electrons. The second-order valence-electron chi connectivity index (χ2n) is 4.32. The highest BCUT2D eigenvalue weighted by Crippen LogP contribution is 2.06. The van der Waals surface area contributed by atoms with Gasteiger partial charge >= 0.3 is 18.0 Å². The van der Waals surface area contributed by atoms with Crippen LogP contribution in [0.3, 0.4) is 0 Å². The molecule has 0 fully saturated rings. The van der Waals surface area contributed by atoms with Crippen molar-refractivity contribution < 1.29 is 33.4 Å². The van der Waals surface area contributed by atoms with Crippen LogP contribution in [-0.2, 0) is 25.7 Å². The van der Waals surface area contributed by atoms with Crippen LogP contribution in [-0.4, -0.2) is 42.5 Å². The highest BCUT2D eigenvalue weighted by atomic mass is 19.1. The fourth-order valence-corrected chi connectivity index (χ4v) is 1.56. The Balaban J connectivity index is 2.50. The van der Waals surface area contributed by atoms with Gasteiger partial charge in [0.2, 0.25) is 0 Å². The number of carboxylic acids is 1. The summed E-state index contributed by atoms with van der Waals surface area (Å²) >= 11 is 0. The molecule has 1 aromatic carbocycles. The van der Waals surface area contributed by atoms with Gasteiger partial charge in [0.15, 0.2) is 6.17 Å². The Morgan fingerprint density at radius 1 is 1.27 bits per heavy atom. The Kier molecular flexibility index (Phi) is 6.81. The van der Waals surface area contributed by atoms with E-state index in [1.165, 1.54) is 0 Å². The topological polar surface area (TPSA) is 102 Å². The van der Waals surface area contributed by atoms with E-state index >= 15 is 0 Å². The lowest BCUT2D eigenvalue weighted by atomic mass is 10.1. The number of amides is 1. The van der Waals surface area contributed by atoms with Gasteiger partial charge in [0.25, 0.3) is 0 Å². The van der Waals surface area contributed by atoms with Gasteiger partial charge in [-0.1, -0.05) is 30.3 Å². The number of carbonyl (C=O) groups is 3. The zero-order valence-electron chi connectivity index (χ0n) is 11.8. The lowest BCUT2D eigenvalue weighted by Gasteiger charge is -2.15. The van der Waals surface area contributed by atoms with Gasteiger partial charge in [-0.05, 0) is 5.56 Å². The van der Waals surface area contributed by atoms with Gasteiger partial charge in [0.05, 0.1) is 7.11 Å². The zero-order chi connectivity index (χ0) is 16.5. The molecule has 0 heterocycles. The predicted octanol–water partition coefficient (Wildman–Crippen LogP) is 1.27. The molecular weight excluding hydrogens is 297 g/mol. The van der Waals surface area contributed by atoms with Crippen LogP contribution >= 0.6 is 0 Å². The molecule has 1 rings (SSSR count). The number of hydrogen-bond donors (Lipinski definition) is 2. The van der Waals surface area contributed by atoms with Crippen molar-refractivity contribution in [3.8, 4) is 0 Å². The molecule has 2 N–H and O–H groups in total. The maximum Gasteiger partial charge on any atom is 0.408 e. The quantitative estimate of drug-likeness (QED) is 0.735. The Bertz CT molecular complexity index is 521. The monoisotopic (exact) mass is 313 g/mol. The molecule has 0 saturated carbocycles. The van der Waals surface area contributed by atoms with Crippen LogP contribution < -0.4 is 5.32 Å². The summed E-state index contributed by atoms with van der Waals surface area (Å²) in [4.78, 5) is 33.4. The smallest absolute Gasteiger partial charge is 0.408 e. The third-order valence-corrected chi connectivity index (χ3v) is 2.70. The second-order valence-corrected chi connectivity index (χ2v) is 4.32. The maximum absolute atomic E-state index is 13.4. The standard InChI is InChI=1S/C14H16FNO6/c1-21-13(19)10(15)7-11(12(17)18)16-14(20)22-8-9-5-3-2-4-6-9/h2-6,10-11H,7-8H2,1H3,(H,16,20)(H,17,18)/t10-,11-/m0/s1. The van der Waals surface area contributed by atoms with E-state index in [0.29, 0.717) is 5.56 Å². The Morgan fingerprint density at radius 2 is 1.91 bits per heavy atom. The number of alkyl halides is 1. The number of carbonyl (C=O) groups excluding carboxylic acids is 2. The van der Waals surface area contributed by atoms with Crippen molar-refractivity contribution in [1.29, 1.82) is 0 Å². The van der Waals surface area contributed by atoms with Crippen LogP contribution in [0.5, 0.6) is 0 Å². The summed E-state index contributed by atoms with van der Waals surface area (Å²) in [7, 11) is 0.978. The molecule has 0 spiro atoms. The van der Waals surface area contributed by atoms with Crippen LogP contribution in [0.25, 0.3) is 0 Å². The number of hydrogen-bond acceptors (Lipinski definition) is 5. The summed E-state index contributed by atoms with van der Waals surface area (Å²) < 4.78 is 22.4. The first-order valence-electron chi connectivity index (χ1n) is 6.36. The lowest BCUT2D eigenvalue weighted by molar-refractivity contribution is -0.148. The van der Waals surface area contributed by atoms with Gasteiger partial charge in [-0.3, -0.25) is 0 Å². The summed E-state index contributed by atoms with van der Waals surface area (Å²) in [5, 5.41) is 10.9. The van der Waals surface area contributed by atoms with E-state index in [2.05, 4.69) is 4.74 Å². The van der Waals surface area contributed by atoms with E-state index in [0.717, 1.165) is 7.11 Å². The number of rotatable bonds is 7. The lowest BCUT2D eigenvalue weighted by Crippen LogP contribution is -2.43. The first-order chi connectivity index (χ1) is 10.4. The average molecular weight is 313 g/mol. The van der Waals surface area contributed by atoms with Gasteiger partial charge in [-0.2, -0.15) is 0 Å².